The van der Waals surface area contributed by atoms with Crippen molar-refractivity contribution in [1.82, 2.24) is 0 Å². The maximum atomic E-state index is 6.68. The molecule has 0 N–H and O–H groups in total. The third-order valence-electron chi connectivity index (χ3n) is 7.47. The van der Waals surface area contributed by atoms with E-state index >= 15 is 0 Å². The van der Waals surface area contributed by atoms with E-state index in [1.807, 2.05) is 12.1 Å². The standard InChI is InChI=1S/C34H44BrNO6S/c1-7-15-36(16-8-2)27-19-23(20-30(37-3)33(27)41-17-18-43-26-11-9-25(35)10-12-26)28-13-14-29(42-28)24-21-31(38-4)34(40-6)32(22-24)39-5/h9-12,19-22,28-29H,7-8,13-18H2,1-6H3. The zero-order valence-electron chi connectivity index (χ0n) is 26.1. The van der Waals surface area contributed by atoms with Crippen LogP contribution in [0, 0.1) is 0 Å². The summed E-state index contributed by atoms with van der Waals surface area (Å²) in [6, 6.07) is 16.6. The quantitative estimate of drug-likeness (QED) is 0.110. The fraction of sp³-hybridized carbons (Fsp3) is 0.471. The molecule has 43 heavy (non-hydrogen) atoms. The maximum Gasteiger partial charge on any atom is 0.203 e. The number of anilines is 1. The van der Waals surface area contributed by atoms with Gasteiger partial charge in [-0.15, -0.1) is 11.8 Å². The molecular weight excluding hydrogens is 630 g/mol. The van der Waals surface area contributed by atoms with Gasteiger partial charge in [-0.3, -0.25) is 0 Å². The van der Waals surface area contributed by atoms with E-state index in [1.54, 1.807) is 40.2 Å². The van der Waals surface area contributed by atoms with Gasteiger partial charge in [0.1, 0.15) is 0 Å². The minimum atomic E-state index is -0.0953. The molecule has 0 aliphatic carbocycles. The highest BCUT2D eigenvalue weighted by atomic mass is 79.9. The van der Waals surface area contributed by atoms with Gasteiger partial charge in [-0.05, 0) is 85.3 Å². The van der Waals surface area contributed by atoms with Gasteiger partial charge >= 0.3 is 0 Å². The summed E-state index contributed by atoms with van der Waals surface area (Å²) >= 11 is 5.29. The molecule has 3 aromatic rings. The average Bonchev–Trinajstić information content (AvgIpc) is 3.53. The minimum Gasteiger partial charge on any atom is -0.493 e. The Bertz CT molecular complexity index is 1290. The van der Waals surface area contributed by atoms with Crippen LogP contribution in [-0.4, -0.2) is 53.9 Å². The van der Waals surface area contributed by atoms with Crippen molar-refractivity contribution < 1.29 is 28.4 Å². The normalized spacial score (nSPS) is 16.2. The summed E-state index contributed by atoms with van der Waals surface area (Å²) in [5.41, 5.74) is 3.16. The topological polar surface area (TPSA) is 58.6 Å². The molecule has 0 bridgehead atoms. The summed E-state index contributed by atoms with van der Waals surface area (Å²) in [6.45, 7) is 6.86. The van der Waals surface area contributed by atoms with E-state index in [9.17, 15) is 0 Å². The van der Waals surface area contributed by atoms with Gasteiger partial charge in [-0.2, -0.15) is 0 Å². The first-order valence-corrected chi connectivity index (χ1v) is 16.7. The Morgan fingerprint density at radius 3 is 1.81 bits per heavy atom. The van der Waals surface area contributed by atoms with Gasteiger partial charge in [0, 0.05) is 28.2 Å². The Balaban J connectivity index is 1.58. The van der Waals surface area contributed by atoms with Crippen LogP contribution in [0.4, 0.5) is 5.69 Å². The highest BCUT2D eigenvalue weighted by Crippen LogP contribution is 2.48. The van der Waals surface area contributed by atoms with E-state index in [0.29, 0.717) is 23.9 Å². The molecule has 2 unspecified atom stereocenters. The number of hydrogen-bond donors (Lipinski definition) is 0. The monoisotopic (exact) mass is 673 g/mol. The summed E-state index contributed by atoms with van der Waals surface area (Å²) in [5.74, 6) is 4.19. The highest BCUT2D eigenvalue weighted by Gasteiger charge is 2.31. The van der Waals surface area contributed by atoms with Crippen molar-refractivity contribution >= 4 is 33.4 Å². The van der Waals surface area contributed by atoms with E-state index in [4.69, 9.17) is 28.4 Å². The summed E-state index contributed by atoms with van der Waals surface area (Å²) in [4.78, 5) is 3.63. The van der Waals surface area contributed by atoms with Crippen molar-refractivity contribution in [1.29, 1.82) is 0 Å². The summed E-state index contributed by atoms with van der Waals surface area (Å²) in [7, 11) is 6.59. The smallest absolute Gasteiger partial charge is 0.203 e. The van der Waals surface area contributed by atoms with E-state index < -0.39 is 0 Å². The molecular formula is C34H44BrNO6S. The van der Waals surface area contributed by atoms with Crippen molar-refractivity contribution in [2.45, 2.75) is 56.6 Å². The Labute approximate surface area is 269 Å². The lowest BCUT2D eigenvalue weighted by Gasteiger charge is -2.28. The molecule has 1 aliphatic heterocycles. The lowest BCUT2D eigenvalue weighted by atomic mass is 10.0. The van der Waals surface area contributed by atoms with Crippen molar-refractivity contribution in [2.75, 3.05) is 58.8 Å². The second-order valence-electron chi connectivity index (χ2n) is 10.4. The largest absolute Gasteiger partial charge is 0.493 e. The predicted octanol–water partition coefficient (Wildman–Crippen LogP) is 8.87. The van der Waals surface area contributed by atoms with Gasteiger partial charge in [0.15, 0.2) is 23.0 Å². The van der Waals surface area contributed by atoms with Crippen LogP contribution in [0.5, 0.6) is 28.7 Å². The van der Waals surface area contributed by atoms with Gasteiger partial charge in [0.25, 0.3) is 0 Å². The number of thioether (sulfide) groups is 1. The molecule has 2 atom stereocenters. The molecule has 0 aromatic heterocycles. The Morgan fingerprint density at radius 1 is 0.767 bits per heavy atom. The fourth-order valence-corrected chi connectivity index (χ4v) is 6.46. The van der Waals surface area contributed by atoms with Crippen molar-refractivity contribution in [3.8, 4) is 28.7 Å². The van der Waals surface area contributed by atoms with Crippen molar-refractivity contribution in [3.63, 3.8) is 0 Å². The van der Waals surface area contributed by atoms with Gasteiger partial charge < -0.3 is 33.3 Å². The molecule has 1 fully saturated rings. The average molecular weight is 675 g/mol. The molecule has 7 nitrogen and oxygen atoms in total. The number of nitrogens with zero attached hydrogens (tertiary/aromatic N) is 1. The lowest BCUT2D eigenvalue weighted by molar-refractivity contribution is 0.0437. The second kappa shape index (κ2) is 16.4. The predicted molar refractivity (Wildman–Crippen MR) is 178 cm³/mol. The van der Waals surface area contributed by atoms with Gasteiger partial charge in [0.2, 0.25) is 5.75 Å². The van der Waals surface area contributed by atoms with Crippen molar-refractivity contribution in [3.05, 3.63) is 64.1 Å². The Hall–Kier alpha value is -2.75. The molecule has 1 saturated heterocycles. The van der Waals surface area contributed by atoms with Crippen LogP contribution in [0.1, 0.15) is 62.9 Å². The number of hydrogen-bond acceptors (Lipinski definition) is 8. The summed E-state index contributed by atoms with van der Waals surface area (Å²) in [6.07, 6.45) is 3.66. The van der Waals surface area contributed by atoms with E-state index in [0.717, 1.165) is 77.3 Å². The molecule has 0 saturated carbocycles. The molecule has 1 aliphatic rings. The third kappa shape index (κ3) is 8.25. The number of ether oxygens (including phenoxy) is 6. The summed E-state index contributed by atoms with van der Waals surface area (Å²) < 4.78 is 36.9. The minimum absolute atomic E-state index is 0.0798. The van der Waals surface area contributed by atoms with E-state index in [1.165, 1.54) is 4.90 Å². The zero-order chi connectivity index (χ0) is 30.8. The molecule has 0 radical (unpaired) electrons. The van der Waals surface area contributed by atoms with Gasteiger partial charge in [-0.1, -0.05) is 29.8 Å². The van der Waals surface area contributed by atoms with E-state index in [-0.39, 0.29) is 12.2 Å². The van der Waals surface area contributed by atoms with Crippen LogP contribution in [-0.2, 0) is 4.74 Å². The molecule has 0 spiro atoms. The third-order valence-corrected chi connectivity index (χ3v) is 8.97. The fourth-order valence-electron chi connectivity index (χ4n) is 5.47. The van der Waals surface area contributed by atoms with Crippen LogP contribution in [0.2, 0.25) is 0 Å². The van der Waals surface area contributed by atoms with Crippen LogP contribution in [0.3, 0.4) is 0 Å². The van der Waals surface area contributed by atoms with Gasteiger partial charge in [0.05, 0.1) is 52.9 Å². The van der Waals surface area contributed by atoms with Gasteiger partial charge in [-0.25, -0.2) is 0 Å². The second-order valence-corrected chi connectivity index (χ2v) is 12.4. The molecule has 3 aromatic carbocycles. The SMILES string of the molecule is CCCN(CCC)c1cc(C2CCC(c3cc(OC)c(OC)c(OC)c3)O2)cc(OC)c1OCCSc1ccc(Br)cc1. The molecule has 9 heteroatoms. The first kappa shape index (κ1) is 33.1. The molecule has 234 valence electrons. The molecule has 1 heterocycles. The highest BCUT2D eigenvalue weighted by molar-refractivity contribution is 9.10. The van der Waals surface area contributed by atoms with Crippen LogP contribution < -0.4 is 28.6 Å². The van der Waals surface area contributed by atoms with Crippen LogP contribution in [0.15, 0.2) is 57.9 Å². The molecule has 4 rings (SSSR count). The maximum absolute atomic E-state index is 6.68. The van der Waals surface area contributed by atoms with E-state index in [2.05, 4.69) is 71.1 Å². The number of halogens is 1. The van der Waals surface area contributed by atoms with Crippen LogP contribution in [0.25, 0.3) is 0 Å². The Kier molecular flexibility index (Phi) is 12.6. The number of benzene rings is 3. The zero-order valence-corrected chi connectivity index (χ0v) is 28.5. The summed E-state index contributed by atoms with van der Waals surface area (Å²) in [5, 5.41) is 0. The Morgan fingerprint density at radius 2 is 1.30 bits per heavy atom. The molecule has 0 amide bonds. The first-order valence-electron chi connectivity index (χ1n) is 14.9. The first-order chi connectivity index (χ1) is 21.0. The lowest BCUT2D eigenvalue weighted by Crippen LogP contribution is -2.26. The van der Waals surface area contributed by atoms with Crippen LogP contribution >= 0.6 is 27.7 Å². The number of methoxy groups -OCH3 is 4. The number of rotatable bonds is 16. The van der Waals surface area contributed by atoms with Crippen molar-refractivity contribution in [2.24, 2.45) is 0 Å².